The lowest BCUT2D eigenvalue weighted by molar-refractivity contribution is -0.122. The van der Waals surface area contributed by atoms with Crippen LogP contribution >= 0.6 is 11.3 Å². The number of carbonyl (C=O) groups is 2. The van der Waals surface area contributed by atoms with Crippen LogP contribution in [0.1, 0.15) is 43.2 Å². The Morgan fingerprint density at radius 3 is 2.77 bits per heavy atom. The fourth-order valence-corrected chi connectivity index (χ4v) is 3.78. The summed E-state index contributed by atoms with van der Waals surface area (Å²) in [4.78, 5) is 26.5. The number of hydrogen-bond donors (Lipinski definition) is 1. The van der Waals surface area contributed by atoms with E-state index >= 15 is 0 Å². The Labute approximate surface area is 157 Å². The van der Waals surface area contributed by atoms with Crippen LogP contribution in [0.3, 0.4) is 0 Å². The molecule has 1 aromatic heterocycles. The topological polar surface area (TPSA) is 75.2 Å². The number of amides is 2. The fourth-order valence-electron chi connectivity index (χ4n) is 3.00. The third-order valence-corrected chi connectivity index (χ3v) is 5.43. The van der Waals surface area contributed by atoms with Gasteiger partial charge >= 0.3 is 0 Å². The van der Waals surface area contributed by atoms with Crippen molar-refractivity contribution in [2.45, 2.75) is 46.0 Å². The van der Waals surface area contributed by atoms with E-state index in [-0.39, 0.29) is 24.2 Å². The molecule has 2 heterocycles. The Bertz CT molecular complexity index is 772. The van der Waals surface area contributed by atoms with Crippen molar-refractivity contribution in [3.8, 4) is 0 Å². The molecule has 0 aliphatic carbocycles. The van der Waals surface area contributed by atoms with E-state index in [0.29, 0.717) is 11.7 Å². The Kier molecular flexibility index (Phi) is 5.98. The van der Waals surface area contributed by atoms with Gasteiger partial charge in [-0.3, -0.25) is 9.59 Å². The van der Waals surface area contributed by atoms with Gasteiger partial charge in [0.15, 0.2) is 0 Å². The van der Waals surface area contributed by atoms with Crippen LogP contribution in [0.5, 0.6) is 0 Å². The molecule has 1 aliphatic rings. The summed E-state index contributed by atoms with van der Waals surface area (Å²) in [6.45, 7) is 4.56. The van der Waals surface area contributed by atoms with Gasteiger partial charge < -0.3 is 10.2 Å². The number of nitrogens with one attached hydrogen (secondary N) is 1. The van der Waals surface area contributed by atoms with E-state index in [0.717, 1.165) is 35.5 Å². The van der Waals surface area contributed by atoms with Gasteiger partial charge in [0, 0.05) is 25.1 Å². The Balaban J connectivity index is 1.57. The molecule has 6 nitrogen and oxygen atoms in total. The minimum atomic E-state index is -0.365. The summed E-state index contributed by atoms with van der Waals surface area (Å²) < 4.78 is 0. The summed E-state index contributed by atoms with van der Waals surface area (Å²) in [7, 11) is 0. The zero-order chi connectivity index (χ0) is 18.5. The number of rotatable bonds is 7. The molecule has 1 saturated heterocycles. The van der Waals surface area contributed by atoms with E-state index in [1.165, 1.54) is 17.8 Å². The molecule has 138 valence electrons. The normalized spacial score (nSPS) is 16.9. The number of hydrogen-bond acceptors (Lipinski definition) is 5. The first-order valence-electron chi connectivity index (χ1n) is 9.07. The number of anilines is 2. The van der Waals surface area contributed by atoms with Gasteiger partial charge in [-0.1, -0.05) is 48.8 Å². The van der Waals surface area contributed by atoms with Gasteiger partial charge in [-0.2, -0.15) is 0 Å². The Morgan fingerprint density at radius 2 is 2.04 bits per heavy atom. The van der Waals surface area contributed by atoms with Crippen molar-refractivity contribution < 1.29 is 9.59 Å². The van der Waals surface area contributed by atoms with Gasteiger partial charge in [-0.15, -0.1) is 10.2 Å². The van der Waals surface area contributed by atoms with Crippen molar-refractivity contribution in [3.63, 3.8) is 0 Å². The molecule has 1 aliphatic heterocycles. The molecular weight excluding hydrogens is 348 g/mol. The number of aryl methyl sites for hydroxylation is 2. The van der Waals surface area contributed by atoms with Crippen LogP contribution < -0.4 is 10.2 Å². The monoisotopic (exact) mass is 372 g/mol. The van der Waals surface area contributed by atoms with Gasteiger partial charge in [0.25, 0.3) is 0 Å². The second-order valence-electron chi connectivity index (χ2n) is 6.69. The number of aromatic nitrogens is 2. The van der Waals surface area contributed by atoms with Crippen molar-refractivity contribution >= 4 is 34.0 Å². The molecular formula is C19H24N4O2S. The smallest absolute Gasteiger partial charge is 0.231 e. The van der Waals surface area contributed by atoms with Crippen LogP contribution in [0.2, 0.25) is 0 Å². The van der Waals surface area contributed by atoms with Crippen molar-refractivity contribution in [2.24, 2.45) is 5.92 Å². The fraction of sp³-hybridized carbons (Fsp3) is 0.474. The van der Waals surface area contributed by atoms with Crippen molar-refractivity contribution in [1.29, 1.82) is 0 Å². The van der Waals surface area contributed by atoms with E-state index in [1.807, 2.05) is 31.2 Å². The summed E-state index contributed by atoms with van der Waals surface area (Å²) in [6.07, 6.45) is 4.53. The predicted molar refractivity (Wildman–Crippen MR) is 103 cm³/mol. The molecule has 0 spiro atoms. The Hall–Kier alpha value is -2.28. The molecule has 2 amide bonds. The van der Waals surface area contributed by atoms with Crippen molar-refractivity contribution in [1.82, 2.24) is 10.2 Å². The van der Waals surface area contributed by atoms with E-state index < -0.39 is 0 Å². The first kappa shape index (κ1) is 18.5. The lowest BCUT2D eigenvalue weighted by atomic mass is 10.1. The van der Waals surface area contributed by atoms with Crippen LogP contribution in [0.15, 0.2) is 24.3 Å². The second-order valence-corrected chi connectivity index (χ2v) is 7.75. The molecule has 26 heavy (non-hydrogen) atoms. The summed E-state index contributed by atoms with van der Waals surface area (Å²) in [6, 6.07) is 7.77. The first-order chi connectivity index (χ1) is 12.6. The lowest BCUT2D eigenvalue weighted by Gasteiger charge is -2.16. The molecule has 3 rings (SSSR count). The molecule has 2 aromatic rings. The van der Waals surface area contributed by atoms with Gasteiger partial charge in [0.05, 0.1) is 5.92 Å². The summed E-state index contributed by atoms with van der Waals surface area (Å²) in [5.41, 5.74) is 1.98. The van der Waals surface area contributed by atoms with Crippen LogP contribution in [0, 0.1) is 12.8 Å². The van der Waals surface area contributed by atoms with Gasteiger partial charge in [-0.05, 0) is 25.5 Å². The van der Waals surface area contributed by atoms with Crippen LogP contribution in [0.25, 0.3) is 0 Å². The van der Waals surface area contributed by atoms with Gasteiger partial charge in [0.1, 0.15) is 5.01 Å². The minimum Gasteiger partial charge on any atom is -0.312 e. The van der Waals surface area contributed by atoms with Crippen LogP contribution in [-0.2, 0) is 16.0 Å². The standard InChI is InChI=1S/C19H24N4O2S/c1-3-4-5-6-16-21-22-19(26-16)20-18(25)14-11-17(24)23(12-14)15-9-7-13(2)8-10-15/h7-10,14H,3-6,11-12H2,1-2H3,(H,20,22,25). The molecule has 1 unspecified atom stereocenters. The highest BCUT2D eigenvalue weighted by atomic mass is 32.1. The minimum absolute atomic E-state index is 0.0217. The summed E-state index contributed by atoms with van der Waals surface area (Å²) in [5.74, 6) is -0.549. The average molecular weight is 372 g/mol. The van der Waals surface area contributed by atoms with Crippen LogP contribution in [-0.4, -0.2) is 28.6 Å². The summed E-state index contributed by atoms with van der Waals surface area (Å²) >= 11 is 1.42. The highest BCUT2D eigenvalue weighted by Gasteiger charge is 2.35. The zero-order valence-electron chi connectivity index (χ0n) is 15.2. The Morgan fingerprint density at radius 1 is 1.27 bits per heavy atom. The second kappa shape index (κ2) is 8.40. The quantitative estimate of drug-likeness (QED) is 0.754. The maximum absolute atomic E-state index is 12.5. The van der Waals surface area contributed by atoms with Crippen LogP contribution in [0.4, 0.5) is 10.8 Å². The number of carbonyl (C=O) groups excluding carboxylic acids is 2. The maximum atomic E-state index is 12.5. The lowest BCUT2D eigenvalue weighted by Crippen LogP contribution is -2.28. The maximum Gasteiger partial charge on any atom is 0.231 e. The van der Waals surface area contributed by atoms with Crippen molar-refractivity contribution in [3.05, 3.63) is 34.8 Å². The third kappa shape index (κ3) is 4.46. The van der Waals surface area contributed by atoms with Gasteiger partial charge in [-0.25, -0.2) is 0 Å². The SMILES string of the molecule is CCCCCc1nnc(NC(=O)C2CC(=O)N(c3ccc(C)cc3)C2)s1. The molecule has 1 aromatic carbocycles. The first-order valence-corrected chi connectivity index (χ1v) is 9.88. The van der Waals surface area contributed by atoms with Crippen molar-refractivity contribution in [2.75, 3.05) is 16.8 Å². The highest BCUT2D eigenvalue weighted by molar-refractivity contribution is 7.15. The van der Waals surface area contributed by atoms with Gasteiger partial charge in [0.2, 0.25) is 16.9 Å². The number of unbranched alkanes of at least 4 members (excludes halogenated alkanes) is 2. The largest absolute Gasteiger partial charge is 0.312 e. The van der Waals surface area contributed by atoms with E-state index in [4.69, 9.17) is 0 Å². The molecule has 0 bridgehead atoms. The van der Waals surface area contributed by atoms with E-state index in [9.17, 15) is 9.59 Å². The molecule has 1 atom stereocenters. The van der Waals surface area contributed by atoms with E-state index in [2.05, 4.69) is 22.4 Å². The molecule has 0 radical (unpaired) electrons. The molecule has 1 fully saturated rings. The molecule has 1 N–H and O–H groups in total. The number of nitrogens with zero attached hydrogens (tertiary/aromatic N) is 3. The average Bonchev–Trinajstić information content (AvgIpc) is 3.23. The molecule has 7 heteroatoms. The summed E-state index contributed by atoms with van der Waals surface area (Å²) in [5, 5.41) is 12.5. The highest BCUT2D eigenvalue weighted by Crippen LogP contribution is 2.27. The zero-order valence-corrected chi connectivity index (χ0v) is 16.0. The third-order valence-electron chi connectivity index (χ3n) is 4.53. The van der Waals surface area contributed by atoms with E-state index in [1.54, 1.807) is 4.90 Å². The predicted octanol–water partition coefficient (Wildman–Crippen LogP) is 3.57. The number of benzene rings is 1. The molecule has 0 saturated carbocycles.